The number of aryl methyl sites for hydroxylation is 2. The van der Waals surface area contributed by atoms with Crippen molar-refractivity contribution in [1.29, 1.82) is 0 Å². The lowest BCUT2D eigenvalue weighted by Crippen LogP contribution is -2.08. The molecule has 0 spiro atoms. The standard InChI is InChI=1S/C13H15N3O2S/c1-3-9-6-14-11(19-9)7-15-12-10(13(17)18)5-4-8(2)16-12/h4-6H,3,7H2,1-2H3,(H,15,16)(H,17,18). The van der Waals surface area contributed by atoms with Gasteiger partial charge in [-0.2, -0.15) is 0 Å². The number of rotatable bonds is 5. The predicted octanol–water partition coefficient (Wildman–Crippen LogP) is 2.72. The van der Waals surface area contributed by atoms with Gasteiger partial charge in [0.25, 0.3) is 0 Å². The van der Waals surface area contributed by atoms with Crippen LogP contribution in [0.5, 0.6) is 0 Å². The Bertz CT molecular complexity index is 595. The van der Waals surface area contributed by atoms with Crippen molar-refractivity contribution in [3.63, 3.8) is 0 Å². The summed E-state index contributed by atoms with van der Waals surface area (Å²) >= 11 is 1.62. The smallest absolute Gasteiger partial charge is 0.339 e. The van der Waals surface area contributed by atoms with Crippen LogP contribution in [0.15, 0.2) is 18.3 Å². The van der Waals surface area contributed by atoms with Gasteiger partial charge in [-0.25, -0.2) is 14.8 Å². The zero-order valence-corrected chi connectivity index (χ0v) is 11.6. The minimum absolute atomic E-state index is 0.179. The molecule has 19 heavy (non-hydrogen) atoms. The van der Waals surface area contributed by atoms with Crippen molar-refractivity contribution in [3.05, 3.63) is 39.5 Å². The molecule has 6 heteroatoms. The van der Waals surface area contributed by atoms with Crippen LogP contribution < -0.4 is 5.32 Å². The zero-order chi connectivity index (χ0) is 13.8. The molecular formula is C13H15N3O2S. The van der Waals surface area contributed by atoms with Gasteiger partial charge in [-0.15, -0.1) is 11.3 Å². The number of pyridine rings is 1. The Hall–Kier alpha value is -1.95. The van der Waals surface area contributed by atoms with Crippen LogP contribution >= 0.6 is 11.3 Å². The van der Waals surface area contributed by atoms with E-state index in [-0.39, 0.29) is 5.56 Å². The van der Waals surface area contributed by atoms with Crippen LogP contribution in [-0.4, -0.2) is 21.0 Å². The molecule has 0 atom stereocenters. The summed E-state index contributed by atoms with van der Waals surface area (Å²) in [5.74, 6) is -0.593. The number of carboxylic acid groups (broad SMARTS) is 1. The molecule has 0 aliphatic rings. The van der Waals surface area contributed by atoms with E-state index in [2.05, 4.69) is 22.2 Å². The molecule has 0 fully saturated rings. The second kappa shape index (κ2) is 5.79. The molecule has 2 N–H and O–H groups in total. The lowest BCUT2D eigenvalue weighted by molar-refractivity contribution is 0.0697. The molecule has 2 heterocycles. The number of aromatic nitrogens is 2. The van der Waals surface area contributed by atoms with Gasteiger partial charge >= 0.3 is 5.97 Å². The minimum Gasteiger partial charge on any atom is -0.478 e. The number of hydrogen-bond donors (Lipinski definition) is 2. The number of carbonyl (C=O) groups is 1. The quantitative estimate of drug-likeness (QED) is 0.879. The minimum atomic E-state index is -0.983. The first-order chi connectivity index (χ1) is 9.10. The van der Waals surface area contributed by atoms with Gasteiger partial charge in [0.2, 0.25) is 0 Å². The highest BCUT2D eigenvalue weighted by Gasteiger charge is 2.11. The molecule has 0 aliphatic heterocycles. The van der Waals surface area contributed by atoms with Gasteiger partial charge in [-0.3, -0.25) is 0 Å². The fraction of sp³-hybridized carbons (Fsp3) is 0.308. The second-order valence-electron chi connectivity index (χ2n) is 4.08. The van der Waals surface area contributed by atoms with Crippen LogP contribution in [0.2, 0.25) is 0 Å². The maximum absolute atomic E-state index is 11.1. The second-order valence-corrected chi connectivity index (χ2v) is 5.28. The van der Waals surface area contributed by atoms with Crippen molar-refractivity contribution < 1.29 is 9.90 Å². The predicted molar refractivity (Wildman–Crippen MR) is 74.8 cm³/mol. The van der Waals surface area contributed by atoms with Gasteiger partial charge in [0.15, 0.2) is 0 Å². The van der Waals surface area contributed by atoms with Crippen LogP contribution in [0.3, 0.4) is 0 Å². The third kappa shape index (κ3) is 3.29. The Morgan fingerprint density at radius 3 is 2.89 bits per heavy atom. The van der Waals surface area contributed by atoms with E-state index in [0.717, 1.165) is 17.1 Å². The SMILES string of the molecule is CCc1cnc(CNc2nc(C)ccc2C(=O)O)s1. The molecule has 2 aromatic heterocycles. The molecule has 0 aromatic carbocycles. The summed E-state index contributed by atoms with van der Waals surface area (Å²) < 4.78 is 0. The van der Waals surface area contributed by atoms with E-state index in [0.29, 0.717) is 12.4 Å². The Morgan fingerprint density at radius 1 is 1.47 bits per heavy atom. The van der Waals surface area contributed by atoms with Crippen LogP contribution in [0, 0.1) is 6.92 Å². The highest BCUT2D eigenvalue weighted by molar-refractivity contribution is 7.11. The van der Waals surface area contributed by atoms with Crippen molar-refractivity contribution >= 4 is 23.1 Å². The molecule has 100 valence electrons. The number of aromatic carboxylic acids is 1. The van der Waals surface area contributed by atoms with E-state index in [4.69, 9.17) is 5.11 Å². The summed E-state index contributed by atoms with van der Waals surface area (Å²) in [4.78, 5) is 20.8. The summed E-state index contributed by atoms with van der Waals surface area (Å²) in [5, 5.41) is 13.1. The number of nitrogens with one attached hydrogen (secondary N) is 1. The molecular weight excluding hydrogens is 262 g/mol. The van der Waals surface area contributed by atoms with Crippen molar-refractivity contribution in [3.8, 4) is 0 Å². The number of nitrogens with zero attached hydrogens (tertiary/aromatic N) is 2. The molecule has 0 aliphatic carbocycles. The van der Waals surface area contributed by atoms with E-state index >= 15 is 0 Å². The van der Waals surface area contributed by atoms with Gasteiger partial charge in [-0.1, -0.05) is 6.92 Å². The third-order valence-electron chi connectivity index (χ3n) is 2.62. The molecule has 0 bridgehead atoms. The van der Waals surface area contributed by atoms with Gasteiger partial charge in [0.1, 0.15) is 16.4 Å². The lowest BCUT2D eigenvalue weighted by Gasteiger charge is -2.07. The Labute approximate surface area is 115 Å². The molecule has 0 radical (unpaired) electrons. The first-order valence-electron chi connectivity index (χ1n) is 5.98. The molecule has 0 unspecified atom stereocenters. The fourth-order valence-electron chi connectivity index (χ4n) is 1.62. The number of carboxylic acids is 1. The highest BCUT2D eigenvalue weighted by atomic mass is 32.1. The van der Waals surface area contributed by atoms with Crippen LogP contribution in [0.4, 0.5) is 5.82 Å². The van der Waals surface area contributed by atoms with E-state index in [1.165, 1.54) is 4.88 Å². The van der Waals surface area contributed by atoms with Gasteiger partial charge in [-0.05, 0) is 25.5 Å². The van der Waals surface area contributed by atoms with Gasteiger partial charge in [0, 0.05) is 16.8 Å². The highest BCUT2D eigenvalue weighted by Crippen LogP contribution is 2.17. The fourth-order valence-corrected chi connectivity index (χ4v) is 2.42. The first kappa shape index (κ1) is 13.5. The van der Waals surface area contributed by atoms with E-state index in [1.54, 1.807) is 23.5 Å². The van der Waals surface area contributed by atoms with E-state index < -0.39 is 5.97 Å². The molecule has 0 saturated carbocycles. The molecule has 5 nitrogen and oxygen atoms in total. The van der Waals surface area contributed by atoms with Crippen molar-refractivity contribution in [2.45, 2.75) is 26.8 Å². The molecule has 0 saturated heterocycles. The maximum Gasteiger partial charge on any atom is 0.339 e. The lowest BCUT2D eigenvalue weighted by atomic mass is 10.2. The number of thiazole rings is 1. The average molecular weight is 277 g/mol. The first-order valence-corrected chi connectivity index (χ1v) is 6.80. The summed E-state index contributed by atoms with van der Waals surface area (Å²) in [5.41, 5.74) is 0.957. The number of anilines is 1. The zero-order valence-electron chi connectivity index (χ0n) is 10.8. The monoisotopic (exact) mass is 277 g/mol. The third-order valence-corrected chi connectivity index (χ3v) is 3.76. The Balaban J connectivity index is 2.14. The van der Waals surface area contributed by atoms with E-state index in [1.807, 2.05) is 13.1 Å². The normalized spacial score (nSPS) is 10.4. The van der Waals surface area contributed by atoms with Gasteiger partial charge in [0.05, 0.1) is 6.54 Å². The average Bonchev–Trinajstić information content (AvgIpc) is 2.84. The summed E-state index contributed by atoms with van der Waals surface area (Å²) in [6.07, 6.45) is 2.81. The number of hydrogen-bond acceptors (Lipinski definition) is 5. The summed E-state index contributed by atoms with van der Waals surface area (Å²) in [7, 11) is 0. The van der Waals surface area contributed by atoms with Crippen molar-refractivity contribution in [1.82, 2.24) is 9.97 Å². The van der Waals surface area contributed by atoms with Crippen molar-refractivity contribution in [2.24, 2.45) is 0 Å². The van der Waals surface area contributed by atoms with Crippen LogP contribution in [0.25, 0.3) is 0 Å². The summed E-state index contributed by atoms with van der Waals surface area (Å²) in [6, 6.07) is 3.25. The maximum atomic E-state index is 11.1. The topological polar surface area (TPSA) is 75.1 Å². The molecule has 2 aromatic rings. The van der Waals surface area contributed by atoms with E-state index in [9.17, 15) is 4.79 Å². The molecule has 0 amide bonds. The van der Waals surface area contributed by atoms with Crippen molar-refractivity contribution in [2.75, 3.05) is 5.32 Å². The Morgan fingerprint density at radius 2 is 2.26 bits per heavy atom. The molecule has 2 rings (SSSR count). The van der Waals surface area contributed by atoms with Crippen LogP contribution in [-0.2, 0) is 13.0 Å². The largest absolute Gasteiger partial charge is 0.478 e. The summed E-state index contributed by atoms with van der Waals surface area (Å²) in [6.45, 7) is 4.39. The Kier molecular flexibility index (Phi) is 4.11. The van der Waals surface area contributed by atoms with Crippen LogP contribution in [0.1, 0.15) is 32.9 Å². The van der Waals surface area contributed by atoms with Gasteiger partial charge < -0.3 is 10.4 Å².